The molecule has 0 saturated carbocycles. The molecule has 0 aromatic heterocycles. The standard InChI is InChI=1S/C17H23Cl2NO4/c18-12-4-3-5-13(19)16(12)17-11(10-21)14(24-20-17)7-9-23-15-6-1-2-8-22-15/h4,15,17,20-21H,1-3,5-10H2. The molecule has 2 unspecified atom stereocenters. The summed E-state index contributed by atoms with van der Waals surface area (Å²) in [7, 11) is 0. The molecule has 2 aliphatic heterocycles. The van der Waals surface area contributed by atoms with Gasteiger partial charge in [0.2, 0.25) is 0 Å². The van der Waals surface area contributed by atoms with Crippen LogP contribution in [0.3, 0.4) is 0 Å². The Morgan fingerprint density at radius 1 is 1.33 bits per heavy atom. The molecule has 0 bridgehead atoms. The van der Waals surface area contributed by atoms with E-state index in [1.54, 1.807) is 0 Å². The first-order valence-corrected chi connectivity index (χ1v) is 9.19. The van der Waals surface area contributed by atoms with Gasteiger partial charge in [-0.3, -0.25) is 0 Å². The van der Waals surface area contributed by atoms with E-state index >= 15 is 0 Å². The van der Waals surface area contributed by atoms with Crippen molar-refractivity contribution >= 4 is 23.2 Å². The average Bonchev–Trinajstić information content (AvgIpc) is 2.98. The van der Waals surface area contributed by atoms with Crippen molar-refractivity contribution in [2.75, 3.05) is 19.8 Å². The van der Waals surface area contributed by atoms with Gasteiger partial charge in [-0.05, 0) is 32.1 Å². The molecule has 1 fully saturated rings. The van der Waals surface area contributed by atoms with E-state index in [4.69, 9.17) is 37.5 Å². The summed E-state index contributed by atoms with van der Waals surface area (Å²) in [4.78, 5) is 5.58. The second kappa shape index (κ2) is 8.70. The van der Waals surface area contributed by atoms with Crippen LogP contribution >= 0.6 is 23.2 Å². The lowest BCUT2D eigenvalue weighted by atomic mass is 9.94. The highest BCUT2D eigenvalue weighted by Crippen LogP contribution is 2.37. The summed E-state index contributed by atoms with van der Waals surface area (Å²) < 4.78 is 11.3. The predicted octanol–water partition coefficient (Wildman–Crippen LogP) is 3.48. The first-order chi connectivity index (χ1) is 11.7. The Hall–Kier alpha value is -0.560. The van der Waals surface area contributed by atoms with Gasteiger partial charge in [-0.1, -0.05) is 29.3 Å². The second-order valence-corrected chi connectivity index (χ2v) is 6.95. The van der Waals surface area contributed by atoms with Gasteiger partial charge in [0.25, 0.3) is 0 Å². The van der Waals surface area contributed by atoms with Crippen LogP contribution in [-0.2, 0) is 14.3 Å². The number of nitrogens with one attached hydrogen (secondary N) is 1. The minimum absolute atomic E-state index is 0.120. The van der Waals surface area contributed by atoms with E-state index < -0.39 is 0 Å². The molecule has 2 heterocycles. The number of allylic oxidation sites excluding steroid dienone is 2. The molecule has 0 aromatic rings. The van der Waals surface area contributed by atoms with Crippen molar-refractivity contribution in [2.45, 2.75) is 50.9 Å². The summed E-state index contributed by atoms with van der Waals surface area (Å²) >= 11 is 12.7. The smallest absolute Gasteiger partial charge is 0.157 e. The normalized spacial score (nSPS) is 28.2. The maximum Gasteiger partial charge on any atom is 0.157 e. The molecule has 0 aromatic carbocycles. The average molecular weight is 376 g/mol. The zero-order chi connectivity index (χ0) is 16.9. The molecule has 0 radical (unpaired) electrons. The SMILES string of the molecule is OCC1=C(CCOC2CCCCO2)ONC1C1=C(Cl)CCC=C1Cl. The molecule has 3 aliphatic rings. The molecule has 2 atom stereocenters. The highest BCUT2D eigenvalue weighted by Gasteiger charge is 2.33. The van der Waals surface area contributed by atoms with Gasteiger partial charge in [-0.2, -0.15) is 0 Å². The quantitative estimate of drug-likeness (QED) is 0.743. The van der Waals surface area contributed by atoms with Gasteiger partial charge in [-0.25, -0.2) is 0 Å². The number of aliphatic hydroxyl groups excluding tert-OH is 1. The van der Waals surface area contributed by atoms with Crippen molar-refractivity contribution in [3.63, 3.8) is 0 Å². The van der Waals surface area contributed by atoms with Crippen molar-refractivity contribution in [2.24, 2.45) is 0 Å². The predicted molar refractivity (Wildman–Crippen MR) is 92.3 cm³/mol. The van der Waals surface area contributed by atoms with Crippen molar-refractivity contribution < 1.29 is 19.4 Å². The third-order valence-corrected chi connectivity index (χ3v) is 5.22. The van der Waals surface area contributed by atoms with Crippen LogP contribution < -0.4 is 5.48 Å². The highest BCUT2D eigenvalue weighted by molar-refractivity contribution is 6.36. The number of rotatable bonds is 6. The lowest BCUT2D eigenvalue weighted by Gasteiger charge is -2.22. The van der Waals surface area contributed by atoms with Crippen LogP contribution in [-0.4, -0.2) is 37.3 Å². The first-order valence-electron chi connectivity index (χ1n) is 8.43. The summed E-state index contributed by atoms with van der Waals surface area (Å²) in [5, 5.41) is 11.1. The third kappa shape index (κ3) is 4.15. The van der Waals surface area contributed by atoms with Crippen LogP contribution in [0.2, 0.25) is 0 Å². The fraction of sp³-hybridized carbons (Fsp3) is 0.647. The van der Waals surface area contributed by atoms with E-state index in [0.717, 1.165) is 49.9 Å². The van der Waals surface area contributed by atoms with Gasteiger partial charge >= 0.3 is 0 Å². The molecule has 1 saturated heterocycles. The van der Waals surface area contributed by atoms with Crippen molar-refractivity contribution in [1.29, 1.82) is 0 Å². The molecular weight excluding hydrogens is 353 g/mol. The summed E-state index contributed by atoms with van der Waals surface area (Å²) in [6.07, 6.45) is 7.11. The molecule has 7 heteroatoms. The monoisotopic (exact) mass is 375 g/mol. The number of aliphatic hydroxyl groups is 1. The molecular formula is C17H23Cl2NO4. The largest absolute Gasteiger partial charge is 0.412 e. The van der Waals surface area contributed by atoms with Crippen LogP contribution in [0.15, 0.2) is 33.0 Å². The molecule has 24 heavy (non-hydrogen) atoms. The van der Waals surface area contributed by atoms with E-state index in [-0.39, 0.29) is 18.9 Å². The molecule has 2 N–H and O–H groups in total. The summed E-state index contributed by atoms with van der Waals surface area (Å²) in [6, 6.07) is -0.313. The Kier molecular flexibility index (Phi) is 6.61. The van der Waals surface area contributed by atoms with Crippen LogP contribution in [0.1, 0.15) is 38.5 Å². The third-order valence-electron chi connectivity index (χ3n) is 4.47. The number of ether oxygens (including phenoxy) is 2. The Morgan fingerprint density at radius 3 is 2.92 bits per heavy atom. The lowest BCUT2D eigenvalue weighted by molar-refractivity contribution is -0.162. The molecule has 5 nitrogen and oxygen atoms in total. The van der Waals surface area contributed by atoms with Crippen molar-refractivity contribution in [3.8, 4) is 0 Å². The van der Waals surface area contributed by atoms with Gasteiger partial charge < -0.3 is 19.4 Å². The minimum atomic E-state index is -0.313. The molecule has 134 valence electrons. The zero-order valence-electron chi connectivity index (χ0n) is 13.5. The molecule has 3 rings (SSSR count). The van der Waals surface area contributed by atoms with Crippen molar-refractivity contribution in [3.05, 3.63) is 33.0 Å². The maximum atomic E-state index is 9.79. The minimum Gasteiger partial charge on any atom is -0.412 e. The lowest BCUT2D eigenvalue weighted by Crippen LogP contribution is -2.29. The Labute approximate surface area is 152 Å². The summed E-state index contributed by atoms with van der Waals surface area (Å²) in [5.41, 5.74) is 4.48. The highest BCUT2D eigenvalue weighted by atomic mass is 35.5. The van der Waals surface area contributed by atoms with Crippen molar-refractivity contribution in [1.82, 2.24) is 5.48 Å². The fourth-order valence-electron chi connectivity index (χ4n) is 3.17. The first kappa shape index (κ1) is 18.2. The van der Waals surface area contributed by atoms with Gasteiger partial charge in [-0.15, -0.1) is 5.48 Å². The Balaban J connectivity index is 1.63. The number of hydrogen-bond acceptors (Lipinski definition) is 5. The summed E-state index contributed by atoms with van der Waals surface area (Å²) in [6.45, 7) is 1.12. The Bertz CT molecular complexity index is 553. The van der Waals surface area contributed by atoms with Gasteiger partial charge in [0.05, 0.1) is 19.3 Å². The van der Waals surface area contributed by atoms with Crippen LogP contribution in [0.5, 0.6) is 0 Å². The van der Waals surface area contributed by atoms with E-state index in [1.165, 1.54) is 0 Å². The van der Waals surface area contributed by atoms with E-state index in [2.05, 4.69) is 5.48 Å². The Morgan fingerprint density at radius 2 is 2.21 bits per heavy atom. The van der Waals surface area contributed by atoms with Gasteiger partial charge in [0.15, 0.2) is 6.29 Å². The number of halogens is 2. The van der Waals surface area contributed by atoms with Crippen LogP contribution in [0, 0.1) is 0 Å². The van der Waals surface area contributed by atoms with E-state index in [1.807, 2.05) is 6.08 Å². The number of hydrogen-bond donors (Lipinski definition) is 2. The molecule has 0 amide bonds. The van der Waals surface area contributed by atoms with Gasteiger partial charge in [0, 0.05) is 34.2 Å². The van der Waals surface area contributed by atoms with Gasteiger partial charge in [0.1, 0.15) is 5.76 Å². The van der Waals surface area contributed by atoms with Crippen LogP contribution in [0.4, 0.5) is 0 Å². The second-order valence-electron chi connectivity index (χ2n) is 6.09. The fourth-order valence-corrected chi connectivity index (χ4v) is 3.87. The number of hydroxylamine groups is 1. The van der Waals surface area contributed by atoms with E-state index in [0.29, 0.717) is 28.9 Å². The molecule has 0 spiro atoms. The summed E-state index contributed by atoms with van der Waals surface area (Å²) in [5.74, 6) is 0.685. The topological polar surface area (TPSA) is 60.0 Å². The molecule has 1 aliphatic carbocycles. The zero-order valence-corrected chi connectivity index (χ0v) is 15.0. The maximum absolute atomic E-state index is 9.79. The van der Waals surface area contributed by atoms with Crippen LogP contribution in [0.25, 0.3) is 0 Å². The van der Waals surface area contributed by atoms with E-state index in [9.17, 15) is 5.11 Å².